The van der Waals surface area contributed by atoms with Gasteiger partial charge in [0, 0.05) is 6.42 Å². The predicted octanol–water partition coefficient (Wildman–Crippen LogP) is 5.22. The maximum Gasteiger partial charge on any atom is 0.322 e. The van der Waals surface area contributed by atoms with Crippen LogP contribution in [0.15, 0.2) is 12.2 Å². The fraction of sp³-hybridized carbons (Fsp3) is 0.800. The Morgan fingerprint density at radius 3 is 1.83 bits per heavy atom. The highest BCUT2D eigenvalue weighted by molar-refractivity contribution is 5.80. The van der Waals surface area contributed by atoms with Crippen LogP contribution in [0.25, 0.3) is 0 Å². The fourth-order valence-corrected chi connectivity index (χ4v) is 2.62. The standard InChI is InChI=1S/C20H37NO3/c1-2-3-4-5-6-7-8-9-10-11-12-13-14-15-16-17-19(22)21-18-20(23)24/h10-11H,2-9,12-18H2,1H3,(H,21,22)(H,23,24)/b11-10-. The lowest BCUT2D eigenvalue weighted by Crippen LogP contribution is -2.28. The number of rotatable bonds is 17. The van der Waals surface area contributed by atoms with Crippen LogP contribution in [0, 0.1) is 0 Å². The number of carbonyl (C=O) groups is 2. The SMILES string of the molecule is CCCCCCCCC/C=C\CCCCCCC(=O)NCC(=O)O. The molecular weight excluding hydrogens is 302 g/mol. The topological polar surface area (TPSA) is 66.4 Å². The van der Waals surface area contributed by atoms with Gasteiger partial charge < -0.3 is 10.4 Å². The number of allylic oxidation sites excluding steroid dienone is 2. The van der Waals surface area contributed by atoms with Crippen LogP contribution < -0.4 is 5.32 Å². The molecule has 0 aromatic rings. The number of unbranched alkanes of at least 4 members (excludes halogenated alkanes) is 11. The van der Waals surface area contributed by atoms with E-state index in [1.54, 1.807) is 0 Å². The van der Waals surface area contributed by atoms with Gasteiger partial charge >= 0.3 is 5.97 Å². The van der Waals surface area contributed by atoms with Gasteiger partial charge in [-0.3, -0.25) is 9.59 Å². The number of carbonyl (C=O) groups excluding carboxylic acids is 1. The second kappa shape index (κ2) is 18.0. The quantitative estimate of drug-likeness (QED) is 0.282. The van der Waals surface area contributed by atoms with Gasteiger partial charge in [-0.05, 0) is 32.1 Å². The van der Waals surface area contributed by atoms with Crippen molar-refractivity contribution in [2.24, 2.45) is 0 Å². The van der Waals surface area contributed by atoms with E-state index in [4.69, 9.17) is 5.11 Å². The van der Waals surface area contributed by atoms with Crippen LogP contribution in [0.4, 0.5) is 0 Å². The molecule has 0 aromatic heterocycles. The third-order valence-corrected chi connectivity index (χ3v) is 4.10. The summed E-state index contributed by atoms with van der Waals surface area (Å²) in [4.78, 5) is 21.6. The van der Waals surface area contributed by atoms with Crippen molar-refractivity contribution < 1.29 is 14.7 Å². The first-order chi connectivity index (χ1) is 11.7. The Kier molecular flexibility index (Phi) is 17.0. The summed E-state index contributed by atoms with van der Waals surface area (Å²) in [5, 5.41) is 10.8. The molecule has 0 aromatic carbocycles. The molecule has 0 spiro atoms. The van der Waals surface area contributed by atoms with Gasteiger partial charge in [-0.25, -0.2) is 0 Å². The van der Waals surface area contributed by atoms with Gasteiger partial charge in [-0.1, -0.05) is 70.4 Å². The molecule has 0 saturated carbocycles. The number of carboxylic acid groups (broad SMARTS) is 1. The van der Waals surface area contributed by atoms with Crippen LogP contribution in [0.2, 0.25) is 0 Å². The molecular formula is C20H37NO3. The van der Waals surface area contributed by atoms with Crippen molar-refractivity contribution in [3.63, 3.8) is 0 Å². The second-order valence-corrected chi connectivity index (χ2v) is 6.50. The fourth-order valence-electron chi connectivity index (χ4n) is 2.62. The Hall–Kier alpha value is -1.32. The van der Waals surface area contributed by atoms with E-state index in [2.05, 4.69) is 24.4 Å². The first-order valence-corrected chi connectivity index (χ1v) is 9.80. The van der Waals surface area contributed by atoms with E-state index in [0.29, 0.717) is 6.42 Å². The normalized spacial score (nSPS) is 11.0. The highest BCUT2D eigenvalue weighted by Crippen LogP contribution is 2.10. The van der Waals surface area contributed by atoms with E-state index in [-0.39, 0.29) is 12.5 Å². The lowest BCUT2D eigenvalue weighted by atomic mass is 10.1. The van der Waals surface area contributed by atoms with Crippen molar-refractivity contribution >= 4 is 11.9 Å². The molecule has 0 radical (unpaired) electrons. The summed E-state index contributed by atoms with van der Waals surface area (Å²) in [5.74, 6) is -1.15. The van der Waals surface area contributed by atoms with Crippen LogP contribution in [0.3, 0.4) is 0 Å². The van der Waals surface area contributed by atoms with Crippen LogP contribution >= 0.6 is 0 Å². The Morgan fingerprint density at radius 2 is 1.29 bits per heavy atom. The molecule has 0 heterocycles. The molecule has 0 aliphatic heterocycles. The molecule has 0 atom stereocenters. The van der Waals surface area contributed by atoms with Crippen molar-refractivity contribution in [3.05, 3.63) is 12.2 Å². The average molecular weight is 340 g/mol. The molecule has 24 heavy (non-hydrogen) atoms. The summed E-state index contributed by atoms with van der Waals surface area (Å²) in [6.45, 7) is 1.98. The molecule has 0 fully saturated rings. The Balaban J connectivity index is 3.21. The minimum atomic E-state index is -0.994. The summed E-state index contributed by atoms with van der Waals surface area (Å²) in [6, 6.07) is 0. The maximum absolute atomic E-state index is 11.3. The van der Waals surface area contributed by atoms with E-state index in [1.165, 1.54) is 57.8 Å². The van der Waals surface area contributed by atoms with Gasteiger partial charge in [0.2, 0.25) is 5.91 Å². The Morgan fingerprint density at radius 1 is 0.792 bits per heavy atom. The third-order valence-electron chi connectivity index (χ3n) is 4.10. The summed E-state index contributed by atoms with van der Waals surface area (Å²) in [6.07, 6.45) is 21.1. The first kappa shape index (κ1) is 22.7. The lowest BCUT2D eigenvalue weighted by molar-refractivity contribution is -0.137. The molecule has 0 unspecified atom stereocenters. The number of hydrogen-bond acceptors (Lipinski definition) is 2. The van der Waals surface area contributed by atoms with E-state index in [1.807, 2.05) is 0 Å². The Bertz CT molecular complexity index is 340. The molecule has 4 nitrogen and oxygen atoms in total. The number of carboxylic acids is 1. The number of amides is 1. The zero-order valence-corrected chi connectivity index (χ0v) is 15.5. The number of hydrogen-bond donors (Lipinski definition) is 2. The van der Waals surface area contributed by atoms with Gasteiger partial charge in [0.15, 0.2) is 0 Å². The minimum Gasteiger partial charge on any atom is -0.480 e. The first-order valence-electron chi connectivity index (χ1n) is 9.80. The summed E-state index contributed by atoms with van der Waals surface area (Å²) in [7, 11) is 0. The number of nitrogens with one attached hydrogen (secondary N) is 1. The van der Waals surface area contributed by atoms with Gasteiger partial charge in [-0.15, -0.1) is 0 Å². The van der Waals surface area contributed by atoms with E-state index in [9.17, 15) is 9.59 Å². The molecule has 0 rings (SSSR count). The molecule has 4 heteroatoms. The molecule has 0 bridgehead atoms. The van der Waals surface area contributed by atoms with Gasteiger partial charge in [0.1, 0.15) is 6.54 Å². The van der Waals surface area contributed by atoms with Crippen molar-refractivity contribution in [2.45, 2.75) is 96.8 Å². The second-order valence-electron chi connectivity index (χ2n) is 6.50. The summed E-state index contributed by atoms with van der Waals surface area (Å²) in [5.41, 5.74) is 0. The molecule has 0 aliphatic rings. The largest absolute Gasteiger partial charge is 0.480 e. The highest BCUT2D eigenvalue weighted by Gasteiger charge is 2.02. The van der Waals surface area contributed by atoms with Crippen molar-refractivity contribution in [1.29, 1.82) is 0 Å². The predicted molar refractivity (Wildman–Crippen MR) is 100 cm³/mol. The lowest BCUT2D eigenvalue weighted by Gasteiger charge is -2.02. The van der Waals surface area contributed by atoms with Crippen LogP contribution in [-0.2, 0) is 9.59 Å². The summed E-state index contributed by atoms with van der Waals surface area (Å²) < 4.78 is 0. The van der Waals surface area contributed by atoms with Gasteiger partial charge in [0.25, 0.3) is 0 Å². The highest BCUT2D eigenvalue weighted by atomic mass is 16.4. The molecule has 2 N–H and O–H groups in total. The zero-order chi connectivity index (χ0) is 17.9. The maximum atomic E-state index is 11.3. The van der Waals surface area contributed by atoms with Crippen molar-refractivity contribution in [1.82, 2.24) is 5.32 Å². The number of aliphatic carboxylic acids is 1. The zero-order valence-electron chi connectivity index (χ0n) is 15.5. The molecule has 140 valence electrons. The van der Waals surface area contributed by atoms with Crippen LogP contribution in [0.1, 0.15) is 96.8 Å². The minimum absolute atomic E-state index is 0.160. The summed E-state index contributed by atoms with van der Waals surface area (Å²) >= 11 is 0. The van der Waals surface area contributed by atoms with Crippen molar-refractivity contribution in [3.8, 4) is 0 Å². The smallest absolute Gasteiger partial charge is 0.322 e. The van der Waals surface area contributed by atoms with E-state index < -0.39 is 5.97 Å². The third kappa shape index (κ3) is 18.7. The van der Waals surface area contributed by atoms with Crippen LogP contribution in [0.5, 0.6) is 0 Å². The van der Waals surface area contributed by atoms with E-state index in [0.717, 1.165) is 25.7 Å². The molecule has 0 aliphatic carbocycles. The van der Waals surface area contributed by atoms with Crippen LogP contribution in [-0.4, -0.2) is 23.5 Å². The molecule has 0 saturated heterocycles. The van der Waals surface area contributed by atoms with Gasteiger partial charge in [0.05, 0.1) is 0 Å². The monoisotopic (exact) mass is 339 g/mol. The van der Waals surface area contributed by atoms with Crippen molar-refractivity contribution in [2.75, 3.05) is 6.54 Å². The Labute approximate surface area is 148 Å². The average Bonchev–Trinajstić information content (AvgIpc) is 2.56. The molecule has 1 amide bonds. The van der Waals surface area contributed by atoms with E-state index >= 15 is 0 Å². The van der Waals surface area contributed by atoms with Gasteiger partial charge in [-0.2, -0.15) is 0 Å².